The fourth-order valence-corrected chi connectivity index (χ4v) is 7.23. The summed E-state index contributed by atoms with van der Waals surface area (Å²) in [7, 11) is -2.07. The number of thioether (sulfide) groups is 1. The number of benzene rings is 2. The van der Waals surface area contributed by atoms with Crippen molar-refractivity contribution >= 4 is 39.3 Å². The summed E-state index contributed by atoms with van der Waals surface area (Å²) in [5.41, 5.74) is 1.15. The Kier molecular flexibility index (Phi) is 6.69. The summed E-state index contributed by atoms with van der Waals surface area (Å²) >= 11 is 1.74. The number of piperidine rings is 1. The van der Waals surface area contributed by atoms with Crippen molar-refractivity contribution in [3.05, 3.63) is 54.1 Å². The molecule has 2 aromatic carbocycles. The summed E-state index contributed by atoms with van der Waals surface area (Å²) in [5, 5.41) is 2.64. The highest BCUT2D eigenvalue weighted by Crippen LogP contribution is 2.45. The van der Waals surface area contributed by atoms with Gasteiger partial charge >= 0.3 is 0 Å². The first-order valence-electron chi connectivity index (χ1n) is 10.7. The van der Waals surface area contributed by atoms with E-state index in [9.17, 15) is 18.0 Å². The fourth-order valence-electron chi connectivity index (χ4n) is 4.34. The molecule has 176 valence electrons. The van der Waals surface area contributed by atoms with Crippen molar-refractivity contribution in [3.63, 3.8) is 0 Å². The van der Waals surface area contributed by atoms with Gasteiger partial charge in [-0.1, -0.05) is 0 Å². The number of carbonyl (C=O) groups is 2. The molecule has 10 heteroatoms. The van der Waals surface area contributed by atoms with Gasteiger partial charge in [0, 0.05) is 43.6 Å². The third-order valence-electron chi connectivity index (χ3n) is 6.08. The Labute approximate surface area is 198 Å². The molecule has 8 nitrogen and oxygen atoms in total. The van der Waals surface area contributed by atoms with Crippen LogP contribution in [-0.2, 0) is 14.8 Å². The molecule has 0 aliphatic carbocycles. The molecular weight excluding hydrogens is 462 g/mol. The quantitative estimate of drug-likeness (QED) is 0.694. The first-order chi connectivity index (χ1) is 15.7. The Morgan fingerprint density at radius 2 is 1.64 bits per heavy atom. The van der Waals surface area contributed by atoms with E-state index in [1.165, 1.54) is 23.4 Å². The van der Waals surface area contributed by atoms with Crippen molar-refractivity contribution in [2.24, 2.45) is 0 Å². The smallest absolute Gasteiger partial charge is 0.255 e. The number of nitrogens with zero attached hydrogens (tertiary/aromatic N) is 2. The van der Waals surface area contributed by atoms with E-state index in [1.807, 2.05) is 4.90 Å². The van der Waals surface area contributed by atoms with Gasteiger partial charge in [-0.3, -0.25) is 9.59 Å². The Hall–Kier alpha value is -2.56. The summed E-state index contributed by atoms with van der Waals surface area (Å²) in [6.45, 7) is 2.73. The summed E-state index contributed by atoms with van der Waals surface area (Å²) in [6.07, 6.45) is 1.14. The number of sulfonamides is 1. The van der Waals surface area contributed by atoms with Crippen LogP contribution in [0.4, 0.5) is 5.69 Å². The molecule has 1 spiro atoms. The molecule has 2 aromatic rings. The Bertz CT molecular complexity index is 1130. The highest BCUT2D eigenvalue weighted by molar-refractivity contribution is 8.00. The van der Waals surface area contributed by atoms with E-state index >= 15 is 0 Å². The molecule has 2 amide bonds. The predicted octanol–water partition coefficient (Wildman–Crippen LogP) is 3.02. The second-order valence-electron chi connectivity index (χ2n) is 8.09. The minimum atomic E-state index is -3.66. The maximum atomic E-state index is 13.2. The maximum absolute atomic E-state index is 13.2. The lowest BCUT2D eigenvalue weighted by Crippen LogP contribution is -2.53. The molecule has 0 atom stereocenters. The van der Waals surface area contributed by atoms with Crippen molar-refractivity contribution in [2.45, 2.75) is 29.5 Å². The van der Waals surface area contributed by atoms with Gasteiger partial charge in [0.2, 0.25) is 15.9 Å². The highest BCUT2D eigenvalue weighted by Gasteiger charge is 2.48. The summed E-state index contributed by atoms with van der Waals surface area (Å²) in [5.74, 6) is 1.28. The van der Waals surface area contributed by atoms with Gasteiger partial charge in [0.25, 0.3) is 5.91 Å². The van der Waals surface area contributed by atoms with E-state index < -0.39 is 14.9 Å². The molecule has 1 N–H and O–H groups in total. The van der Waals surface area contributed by atoms with E-state index in [4.69, 9.17) is 4.74 Å². The molecule has 2 aliphatic heterocycles. The largest absolute Gasteiger partial charge is 0.497 e. The molecule has 2 aliphatic rings. The molecule has 0 unspecified atom stereocenters. The van der Waals surface area contributed by atoms with Crippen molar-refractivity contribution in [3.8, 4) is 5.75 Å². The Balaban J connectivity index is 1.46. The number of amides is 2. The van der Waals surface area contributed by atoms with E-state index in [0.717, 1.165) is 5.75 Å². The van der Waals surface area contributed by atoms with E-state index in [0.29, 0.717) is 49.5 Å². The number of ether oxygens (including phenoxy) is 1. The molecule has 2 heterocycles. The molecular formula is C23H27N3O5S2. The molecule has 0 aromatic heterocycles. The third kappa shape index (κ3) is 4.73. The van der Waals surface area contributed by atoms with Gasteiger partial charge in [0.1, 0.15) is 5.75 Å². The number of anilines is 1. The number of rotatable bonds is 5. The summed E-state index contributed by atoms with van der Waals surface area (Å²) < 4.78 is 33.0. The molecule has 33 heavy (non-hydrogen) atoms. The first-order valence-corrected chi connectivity index (χ1v) is 13.2. The second-order valence-corrected chi connectivity index (χ2v) is 11.5. The van der Waals surface area contributed by atoms with Gasteiger partial charge in [-0.25, -0.2) is 8.42 Å². The lowest BCUT2D eigenvalue weighted by molar-refractivity contribution is -0.114. The Morgan fingerprint density at radius 1 is 1.00 bits per heavy atom. The standard InChI is InChI=1S/C23H27N3O5S2/c1-17(27)24-19-5-9-21(10-6-19)33(29,30)25-13-11-23(12-14-25)26(15-16-32-23)22(28)18-3-7-20(31-2)8-4-18/h3-10H,11-16H2,1-2H3,(H,24,27). The molecule has 4 rings (SSSR count). The molecule has 0 radical (unpaired) electrons. The zero-order valence-corrected chi connectivity index (χ0v) is 20.2. The van der Waals surface area contributed by atoms with Gasteiger partial charge < -0.3 is 15.0 Å². The topological polar surface area (TPSA) is 96.0 Å². The van der Waals surface area contributed by atoms with Gasteiger partial charge in [-0.15, -0.1) is 11.8 Å². The van der Waals surface area contributed by atoms with Crippen LogP contribution in [0.3, 0.4) is 0 Å². The monoisotopic (exact) mass is 489 g/mol. The van der Waals surface area contributed by atoms with Crippen LogP contribution in [0, 0.1) is 0 Å². The lowest BCUT2D eigenvalue weighted by Gasteiger charge is -2.43. The molecule has 0 saturated carbocycles. The van der Waals surface area contributed by atoms with Gasteiger partial charge in [0.15, 0.2) is 0 Å². The minimum absolute atomic E-state index is 0.0347. The maximum Gasteiger partial charge on any atom is 0.255 e. The zero-order valence-electron chi connectivity index (χ0n) is 18.6. The van der Waals surface area contributed by atoms with Crippen molar-refractivity contribution in [1.29, 1.82) is 0 Å². The number of hydrogen-bond donors (Lipinski definition) is 1. The molecule has 0 bridgehead atoms. The third-order valence-corrected chi connectivity index (χ3v) is 9.54. The van der Waals surface area contributed by atoms with Crippen molar-refractivity contribution in [2.75, 3.05) is 37.8 Å². The Morgan fingerprint density at radius 3 is 2.21 bits per heavy atom. The average Bonchev–Trinajstić information content (AvgIpc) is 3.21. The number of methoxy groups -OCH3 is 1. The van der Waals surface area contributed by atoms with E-state index in [-0.39, 0.29) is 16.7 Å². The van der Waals surface area contributed by atoms with Crippen LogP contribution in [0.25, 0.3) is 0 Å². The van der Waals surface area contributed by atoms with Crippen LogP contribution < -0.4 is 10.1 Å². The second kappa shape index (κ2) is 9.36. The number of nitrogens with one attached hydrogen (secondary N) is 1. The van der Waals surface area contributed by atoms with E-state index in [2.05, 4.69) is 5.32 Å². The van der Waals surface area contributed by atoms with Crippen LogP contribution in [0.2, 0.25) is 0 Å². The minimum Gasteiger partial charge on any atom is -0.497 e. The van der Waals surface area contributed by atoms with Crippen molar-refractivity contribution in [1.82, 2.24) is 9.21 Å². The van der Waals surface area contributed by atoms with Gasteiger partial charge in [0.05, 0.1) is 16.9 Å². The van der Waals surface area contributed by atoms with E-state index in [1.54, 1.807) is 55.3 Å². The zero-order chi connectivity index (χ0) is 23.6. The SMILES string of the molecule is COc1ccc(C(=O)N2CCSC23CCN(S(=O)(=O)c2ccc(NC(C)=O)cc2)CC3)cc1. The summed E-state index contributed by atoms with van der Waals surface area (Å²) in [4.78, 5) is 26.1. The van der Waals surface area contributed by atoms with Crippen LogP contribution in [-0.4, -0.2) is 66.8 Å². The van der Waals surface area contributed by atoms with Crippen LogP contribution in [0.1, 0.15) is 30.1 Å². The fraction of sp³-hybridized carbons (Fsp3) is 0.391. The molecule has 2 saturated heterocycles. The first kappa shape index (κ1) is 23.6. The van der Waals surface area contributed by atoms with Crippen LogP contribution in [0.15, 0.2) is 53.4 Å². The lowest BCUT2D eigenvalue weighted by atomic mass is 10.0. The molecule has 2 fully saturated rings. The van der Waals surface area contributed by atoms with Crippen molar-refractivity contribution < 1.29 is 22.7 Å². The highest BCUT2D eigenvalue weighted by atomic mass is 32.2. The number of carbonyl (C=O) groups excluding carboxylic acids is 2. The normalized spacial score (nSPS) is 18.3. The van der Waals surface area contributed by atoms with Crippen LogP contribution in [0.5, 0.6) is 5.75 Å². The van der Waals surface area contributed by atoms with Gasteiger partial charge in [-0.2, -0.15) is 4.31 Å². The summed E-state index contributed by atoms with van der Waals surface area (Å²) in [6, 6.07) is 13.3. The number of hydrogen-bond acceptors (Lipinski definition) is 6. The van der Waals surface area contributed by atoms with Crippen LogP contribution >= 0.6 is 11.8 Å². The average molecular weight is 490 g/mol. The van der Waals surface area contributed by atoms with Gasteiger partial charge in [-0.05, 0) is 61.4 Å². The predicted molar refractivity (Wildman–Crippen MR) is 128 cm³/mol.